The highest BCUT2D eigenvalue weighted by Crippen LogP contribution is 2.25. The number of nitro benzene ring substituents is 1. The van der Waals surface area contributed by atoms with Crippen molar-refractivity contribution in [2.24, 2.45) is 0 Å². The molecule has 3 aromatic carbocycles. The van der Waals surface area contributed by atoms with Gasteiger partial charge in [0.05, 0.1) is 11.5 Å². The van der Waals surface area contributed by atoms with E-state index < -0.39 is 35.0 Å². The van der Waals surface area contributed by atoms with Gasteiger partial charge in [0.15, 0.2) is 0 Å². The van der Waals surface area contributed by atoms with Crippen LogP contribution in [0.25, 0.3) is 0 Å². The number of hydrogen-bond acceptors (Lipinski definition) is 6. The zero-order valence-electron chi connectivity index (χ0n) is 19.8. The van der Waals surface area contributed by atoms with E-state index in [0.29, 0.717) is 0 Å². The second kappa shape index (κ2) is 11.3. The van der Waals surface area contributed by atoms with Crippen LogP contribution in [0.15, 0.2) is 78.9 Å². The lowest BCUT2D eigenvalue weighted by molar-refractivity contribution is -0.385. The summed E-state index contributed by atoms with van der Waals surface area (Å²) in [4.78, 5) is 50.4. The van der Waals surface area contributed by atoms with E-state index in [1.807, 2.05) is 54.6 Å². The number of nitrogens with zero attached hydrogens (tertiary/aromatic N) is 2. The van der Waals surface area contributed by atoms with E-state index in [-0.39, 0.29) is 37.2 Å². The molecule has 0 unspecified atom stereocenters. The average molecular weight is 504 g/mol. The molecule has 3 aromatic rings. The Labute approximate surface area is 212 Å². The number of ether oxygens (including phenoxy) is 1. The Kier molecular flexibility index (Phi) is 7.77. The largest absolute Gasteiger partial charge is 0.480 e. The van der Waals surface area contributed by atoms with E-state index >= 15 is 0 Å². The molecule has 0 aliphatic carbocycles. The Balaban J connectivity index is 1.54. The van der Waals surface area contributed by atoms with Gasteiger partial charge in [0.25, 0.3) is 5.69 Å². The van der Waals surface area contributed by atoms with Crippen molar-refractivity contribution < 1.29 is 29.2 Å². The van der Waals surface area contributed by atoms with E-state index in [0.717, 1.165) is 16.7 Å². The van der Waals surface area contributed by atoms with Gasteiger partial charge in [0.2, 0.25) is 5.91 Å². The van der Waals surface area contributed by atoms with Gasteiger partial charge in [0.1, 0.15) is 18.7 Å². The monoisotopic (exact) mass is 503 g/mol. The summed E-state index contributed by atoms with van der Waals surface area (Å²) < 4.78 is 5.47. The van der Waals surface area contributed by atoms with Crippen LogP contribution < -0.4 is 5.32 Å². The lowest BCUT2D eigenvalue weighted by Crippen LogP contribution is -2.56. The molecule has 0 saturated carbocycles. The first-order valence-electron chi connectivity index (χ1n) is 11.6. The van der Waals surface area contributed by atoms with Crippen molar-refractivity contribution in [2.45, 2.75) is 38.1 Å². The second-order valence-electron chi connectivity index (χ2n) is 8.65. The maximum absolute atomic E-state index is 13.4. The Morgan fingerprint density at radius 3 is 2.35 bits per heavy atom. The third-order valence-electron chi connectivity index (χ3n) is 6.22. The highest BCUT2D eigenvalue weighted by molar-refractivity contribution is 5.90. The van der Waals surface area contributed by atoms with Crippen molar-refractivity contribution in [3.8, 4) is 0 Å². The predicted octanol–water partition coefficient (Wildman–Crippen LogP) is 3.47. The number of nitrogens with one attached hydrogen (secondary N) is 1. The van der Waals surface area contributed by atoms with Crippen LogP contribution >= 0.6 is 0 Å². The normalized spacial score (nSPS) is 15.2. The van der Waals surface area contributed by atoms with E-state index in [1.54, 1.807) is 6.07 Å². The molecule has 2 N–H and O–H groups in total. The molecule has 190 valence electrons. The minimum absolute atomic E-state index is 0.0155. The molecule has 2 atom stereocenters. The molecular weight excluding hydrogens is 478 g/mol. The maximum atomic E-state index is 13.4. The van der Waals surface area contributed by atoms with Crippen LogP contribution in [0.3, 0.4) is 0 Å². The Bertz CT molecular complexity index is 1310. The number of fused-ring (bicyclic) bond motifs is 1. The molecule has 1 aliphatic heterocycles. The first kappa shape index (κ1) is 25.4. The van der Waals surface area contributed by atoms with Gasteiger partial charge in [-0.15, -0.1) is 0 Å². The SMILES string of the molecule is O=C(O)[C@H](Cc1ccccc1[N+](=O)[O-])NC(=O)[C@@H]1Cc2ccccc2CN1C(=O)OCc1ccccc1. The summed E-state index contributed by atoms with van der Waals surface area (Å²) in [5.41, 5.74) is 2.44. The number of carboxylic acids is 1. The number of carbonyl (C=O) groups is 3. The van der Waals surface area contributed by atoms with Crippen LogP contribution in [-0.2, 0) is 40.3 Å². The molecule has 0 fully saturated rings. The molecule has 2 amide bonds. The summed E-state index contributed by atoms with van der Waals surface area (Å²) in [5, 5.41) is 23.6. The molecule has 0 aromatic heterocycles. The van der Waals surface area contributed by atoms with Crippen LogP contribution in [0, 0.1) is 10.1 Å². The van der Waals surface area contributed by atoms with Crippen LogP contribution in [0.5, 0.6) is 0 Å². The zero-order chi connectivity index (χ0) is 26.4. The first-order valence-corrected chi connectivity index (χ1v) is 11.6. The second-order valence-corrected chi connectivity index (χ2v) is 8.65. The predicted molar refractivity (Wildman–Crippen MR) is 132 cm³/mol. The summed E-state index contributed by atoms with van der Waals surface area (Å²) in [6, 6.07) is 19.8. The quantitative estimate of drug-likeness (QED) is 0.354. The summed E-state index contributed by atoms with van der Waals surface area (Å²) in [6.07, 6.45) is -0.829. The molecule has 4 rings (SSSR count). The van der Waals surface area contributed by atoms with Gasteiger partial charge in [-0.2, -0.15) is 0 Å². The third-order valence-corrected chi connectivity index (χ3v) is 6.22. The highest BCUT2D eigenvalue weighted by Gasteiger charge is 2.37. The molecule has 10 nitrogen and oxygen atoms in total. The van der Waals surface area contributed by atoms with Gasteiger partial charge in [-0.3, -0.25) is 19.8 Å². The number of para-hydroxylation sites is 1. The van der Waals surface area contributed by atoms with Crippen LogP contribution in [0.4, 0.5) is 10.5 Å². The molecule has 0 saturated heterocycles. The summed E-state index contributed by atoms with van der Waals surface area (Å²) in [7, 11) is 0. The standard InChI is InChI=1S/C27H25N3O7/c31-25(28-22(26(32)33)14-20-11-6-7-13-23(20)30(35)36)24-15-19-10-4-5-12-21(19)16-29(24)27(34)37-17-18-8-2-1-3-9-18/h1-13,22,24H,14-17H2,(H,28,31)(H,32,33)/t22-,24-/m0/s1. The van der Waals surface area contributed by atoms with Crippen molar-refractivity contribution in [2.75, 3.05) is 0 Å². The molecule has 1 aliphatic rings. The van der Waals surface area contributed by atoms with Gasteiger partial charge in [0, 0.05) is 24.5 Å². The molecule has 0 radical (unpaired) electrons. The Morgan fingerprint density at radius 1 is 1.00 bits per heavy atom. The van der Waals surface area contributed by atoms with Crippen molar-refractivity contribution >= 4 is 23.7 Å². The van der Waals surface area contributed by atoms with E-state index in [2.05, 4.69) is 5.32 Å². The first-order chi connectivity index (χ1) is 17.8. The third kappa shape index (κ3) is 6.10. The van der Waals surface area contributed by atoms with Crippen LogP contribution in [0.1, 0.15) is 22.3 Å². The van der Waals surface area contributed by atoms with Gasteiger partial charge in [-0.1, -0.05) is 72.8 Å². The highest BCUT2D eigenvalue weighted by atomic mass is 16.6. The number of carbonyl (C=O) groups excluding carboxylic acids is 2. The van der Waals surface area contributed by atoms with Crippen molar-refractivity contribution in [3.63, 3.8) is 0 Å². The zero-order valence-corrected chi connectivity index (χ0v) is 19.8. The Hall–Kier alpha value is -4.73. The summed E-state index contributed by atoms with van der Waals surface area (Å²) in [5.74, 6) is -2.03. The molecule has 10 heteroatoms. The van der Waals surface area contributed by atoms with E-state index in [9.17, 15) is 29.6 Å². The van der Waals surface area contributed by atoms with Gasteiger partial charge < -0.3 is 15.2 Å². The molecule has 0 bridgehead atoms. The fourth-order valence-corrected chi connectivity index (χ4v) is 4.30. The number of rotatable bonds is 8. The van der Waals surface area contributed by atoms with Gasteiger partial charge in [-0.25, -0.2) is 9.59 Å². The minimum atomic E-state index is -1.44. The lowest BCUT2D eigenvalue weighted by atomic mass is 9.93. The molecule has 0 spiro atoms. The smallest absolute Gasteiger partial charge is 0.411 e. The van der Waals surface area contributed by atoms with Crippen molar-refractivity contribution in [1.29, 1.82) is 0 Å². The summed E-state index contributed by atoms with van der Waals surface area (Å²) >= 11 is 0. The number of benzene rings is 3. The minimum Gasteiger partial charge on any atom is -0.480 e. The maximum Gasteiger partial charge on any atom is 0.411 e. The molecule has 37 heavy (non-hydrogen) atoms. The number of hydrogen-bond donors (Lipinski definition) is 2. The fourth-order valence-electron chi connectivity index (χ4n) is 4.30. The van der Waals surface area contributed by atoms with Gasteiger partial charge in [-0.05, 0) is 16.7 Å². The van der Waals surface area contributed by atoms with Crippen LogP contribution in [0.2, 0.25) is 0 Å². The van der Waals surface area contributed by atoms with E-state index in [1.165, 1.54) is 23.1 Å². The number of aliphatic carboxylic acids is 1. The van der Waals surface area contributed by atoms with E-state index in [4.69, 9.17) is 4.74 Å². The summed E-state index contributed by atoms with van der Waals surface area (Å²) in [6.45, 7) is 0.130. The Morgan fingerprint density at radius 2 is 1.65 bits per heavy atom. The molecule has 1 heterocycles. The average Bonchev–Trinajstić information content (AvgIpc) is 2.91. The number of nitro groups is 1. The fraction of sp³-hybridized carbons (Fsp3) is 0.222. The molecular formula is C27H25N3O7. The number of amides is 2. The van der Waals surface area contributed by atoms with Crippen molar-refractivity contribution in [3.05, 3.63) is 111 Å². The van der Waals surface area contributed by atoms with Gasteiger partial charge >= 0.3 is 12.1 Å². The number of carboxylic acid groups (broad SMARTS) is 1. The topological polar surface area (TPSA) is 139 Å². The van der Waals surface area contributed by atoms with Crippen molar-refractivity contribution in [1.82, 2.24) is 10.2 Å². The van der Waals surface area contributed by atoms with Crippen LogP contribution in [-0.4, -0.2) is 45.0 Å². The lowest BCUT2D eigenvalue weighted by Gasteiger charge is -2.35.